The van der Waals surface area contributed by atoms with E-state index in [4.69, 9.17) is 19.4 Å². The second-order valence-corrected chi connectivity index (χ2v) is 9.13. The number of aromatic amines is 1. The summed E-state index contributed by atoms with van der Waals surface area (Å²) in [5.41, 5.74) is 3.74. The Balaban J connectivity index is 1.64. The van der Waals surface area contributed by atoms with Gasteiger partial charge in [0.1, 0.15) is 23.1 Å². The van der Waals surface area contributed by atoms with E-state index in [9.17, 15) is 9.90 Å². The molecular formula is C26H27N5O4. The highest BCUT2D eigenvalue weighted by molar-refractivity contribution is 5.95. The van der Waals surface area contributed by atoms with Crippen molar-refractivity contribution < 1.29 is 14.6 Å². The number of rotatable bonds is 4. The van der Waals surface area contributed by atoms with Gasteiger partial charge in [0, 0.05) is 25.2 Å². The number of hydrogen-bond acceptors (Lipinski definition) is 7. The number of benzene rings is 2. The molecule has 4 aromatic rings. The monoisotopic (exact) mass is 473 g/mol. The zero-order valence-electron chi connectivity index (χ0n) is 19.5. The molecule has 2 aromatic heterocycles. The van der Waals surface area contributed by atoms with Crippen LogP contribution in [-0.2, 0) is 6.54 Å². The molecule has 180 valence electrons. The summed E-state index contributed by atoms with van der Waals surface area (Å²) in [6.45, 7) is 6.66. The van der Waals surface area contributed by atoms with Gasteiger partial charge in [-0.3, -0.25) is 19.5 Å². The Morgan fingerprint density at radius 1 is 1.31 bits per heavy atom. The first-order valence-corrected chi connectivity index (χ1v) is 11.8. The molecule has 1 saturated heterocycles. The average Bonchev–Trinajstić information content (AvgIpc) is 3.45. The number of H-pyrrole nitrogens is 1. The lowest BCUT2D eigenvalue weighted by atomic mass is 10.0. The third kappa shape index (κ3) is 3.67. The van der Waals surface area contributed by atoms with Crippen molar-refractivity contribution in [3.05, 3.63) is 58.9 Å². The van der Waals surface area contributed by atoms with Crippen LogP contribution in [0.25, 0.3) is 33.2 Å². The molecule has 1 unspecified atom stereocenters. The third-order valence-corrected chi connectivity index (χ3v) is 6.90. The van der Waals surface area contributed by atoms with Crippen molar-refractivity contribution in [1.82, 2.24) is 24.6 Å². The minimum absolute atomic E-state index is 0.0286. The van der Waals surface area contributed by atoms with E-state index >= 15 is 0 Å². The van der Waals surface area contributed by atoms with E-state index in [1.807, 2.05) is 30.3 Å². The molecule has 0 spiro atoms. The van der Waals surface area contributed by atoms with Gasteiger partial charge in [-0.05, 0) is 36.6 Å². The van der Waals surface area contributed by atoms with E-state index in [0.29, 0.717) is 57.8 Å². The van der Waals surface area contributed by atoms with Crippen LogP contribution in [0.2, 0.25) is 0 Å². The topological polar surface area (TPSA) is 106 Å². The van der Waals surface area contributed by atoms with Gasteiger partial charge in [0.05, 0.1) is 36.2 Å². The second-order valence-electron chi connectivity index (χ2n) is 9.13. The van der Waals surface area contributed by atoms with Gasteiger partial charge in [0.2, 0.25) is 5.88 Å². The van der Waals surface area contributed by atoms with Crippen LogP contribution in [-0.4, -0.2) is 62.6 Å². The van der Waals surface area contributed by atoms with Crippen LogP contribution in [0.5, 0.6) is 11.6 Å². The van der Waals surface area contributed by atoms with Crippen molar-refractivity contribution in [1.29, 1.82) is 0 Å². The highest BCUT2D eigenvalue weighted by Gasteiger charge is 2.27. The first kappa shape index (κ1) is 21.8. The van der Waals surface area contributed by atoms with Gasteiger partial charge >= 0.3 is 0 Å². The Morgan fingerprint density at radius 2 is 2.20 bits per heavy atom. The predicted octanol–water partition coefficient (Wildman–Crippen LogP) is 3.02. The second kappa shape index (κ2) is 8.51. The summed E-state index contributed by atoms with van der Waals surface area (Å²) in [4.78, 5) is 25.1. The van der Waals surface area contributed by atoms with Crippen LogP contribution in [0.15, 0.2) is 47.8 Å². The standard InChI is InChI=1S/C26H27N5O4/c1-3-5-20(32)15-12-19-24-21(13-15)35-16-8-9-30(14-16)10-11-31-26(33)18-7-4-6-17(22(18)29-31)23(28-24)25(27-19)34-2/h3-4,6-7,12-13,16,20,29,32H,1,5,8-11,14H2,2H3/t16-,20-/m0/s1. The van der Waals surface area contributed by atoms with E-state index in [2.05, 4.69) is 16.6 Å². The molecule has 1 fully saturated rings. The zero-order chi connectivity index (χ0) is 24.1. The molecule has 6 bridgehead atoms. The summed E-state index contributed by atoms with van der Waals surface area (Å²) < 4.78 is 13.8. The van der Waals surface area contributed by atoms with Gasteiger partial charge in [-0.2, -0.15) is 0 Å². The molecule has 2 aliphatic heterocycles. The van der Waals surface area contributed by atoms with E-state index in [1.54, 1.807) is 17.9 Å². The molecule has 2 N–H and O–H groups in total. The molecule has 6 rings (SSSR count). The number of para-hydroxylation sites is 1. The molecule has 0 aliphatic carbocycles. The number of hydrogen-bond donors (Lipinski definition) is 2. The molecule has 3 atom stereocenters. The number of aliphatic hydroxyl groups excluding tert-OH is 1. The smallest absolute Gasteiger partial charge is 0.274 e. The molecule has 0 radical (unpaired) electrons. The van der Waals surface area contributed by atoms with Crippen molar-refractivity contribution in [2.45, 2.75) is 31.6 Å². The Kier molecular flexibility index (Phi) is 5.31. The van der Waals surface area contributed by atoms with Gasteiger partial charge in [0.15, 0.2) is 0 Å². The quantitative estimate of drug-likeness (QED) is 0.439. The largest absolute Gasteiger partial charge is 0.487 e. The first-order valence-electron chi connectivity index (χ1n) is 11.8. The van der Waals surface area contributed by atoms with Gasteiger partial charge in [-0.25, -0.2) is 9.97 Å². The number of nitrogens with zero attached hydrogens (tertiary/aromatic N) is 4. The van der Waals surface area contributed by atoms with Crippen LogP contribution in [0.4, 0.5) is 0 Å². The fraction of sp³-hybridized carbons (Fsp3) is 0.346. The summed E-state index contributed by atoms with van der Waals surface area (Å²) >= 11 is 0. The number of aromatic nitrogens is 4. The maximum atomic E-state index is 13.1. The highest BCUT2D eigenvalue weighted by atomic mass is 16.5. The molecule has 9 nitrogen and oxygen atoms in total. The van der Waals surface area contributed by atoms with Crippen LogP contribution < -0.4 is 15.0 Å². The lowest BCUT2D eigenvalue weighted by Gasteiger charge is -2.20. The molecule has 0 saturated carbocycles. The van der Waals surface area contributed by atoms with Crippen LogP contribution in [0, 0.1) is 0 Å². The third-order valence-electron chi connectivity index (χ3n) is 6.90. The van der Waals surface area contributed by atoms with E-state index < -0.39 is 6.10 Å². The number of fused-ring (bicyclic) bond motifs is 5. The van der Waals surface area contributed by atoms with Gasteiger partial charge in [-0.15, -0.1) is 6.58 Å². The number of ether oxygens (including phenoxy) is 2. The van der Waals surface area contributed by atoms with Crippen LogP contribution in [0.3, 0.4) is 0 Å². The van der Waals surface area contributed by atoms with Crippen molar-refractivity contribution in [3.63, 3.8) is 0 Å². The lowest BCUT2D eigenvalue weighted by molar-refractivity contribution is 0.178. The minimum atomic E-state index is -0.726. The fourth-order valence-electron chi connectivity index (χ4n) is 5.08. The summed E-state index contributed by atoms with van der Waals surface area (Å²) in [6.07, 6.45) is 2.21. The number of methoxy groups -OCH3 is 1. The SMILES string of the molecule is C=CC[C@H](O)c1cc2c3nc(c(OC)nc3c1)-c1cccc3c(=O)n([nH]c13)CCN1CC[C@@H](C1)O2. The molecule has 9 heteroatoms. The Labute approximate surface area is 201 Å². The highest BCUT2D eigenvalue weighted by Crippen LogP contribution is 2.37. The molecule has 2 aromatic carbocycles. The summed E-state index contributed by atoms with van der Waals surface area (Å²) in [7, 11) is 1.55. The van der Waals surface area contributed by atoms with Gasteiger partial charge < -0.3 is 14.6 Å². The van der Waals surface area contributed by atoms with Gasteiger partial charge in [0.25, 0.3) is 5.56 Å². The summed E-state index contributed by atoms with van der Waals surface area (Å²) in [5, 5.41) is 14.6. The fourth-order valence-corrected chi connectivity index (χ4v) is 5.08. The first-order chi connectivity index (χ1) is 17.1. The van der Waals surface area contributed by atoms with E-state index in [1.165, 1.54) is 0 Å². The molecule has 0 amide bonds. The molecule has 35 heavy (non-hydrogen) atoms. The number of aliphatic hydroxyl groups is 1. The normalized spacial score (nSPS) is 20.2. The maximum Gasteiger partial charge on any atom is 0.274 e. The van der Waals surface area contributed by atoms with Crippen LogP contribution in [0.1, 0.15) is 24.5 Å². The van der Waals surface area contributed by atoms with E-state index in [0.717, 1.165) is 31.6 Å². The van der Waals surface area contributed by atoms with Crippen molar-refractivity contribution in [3.8, 4) is 22.9 Å². The lowest BCUT2D eigenvalue weighted by Crippen LogP contribution is -2.30. The van der Waals surface area contributed by atoms with Crippen LogP contribution >= 0.6 is 0 Å². The van der Waals surface area contributed by atoms with Crippen molar-refractivity contribution >= 4 is 21.9 Å². The predicted molar refractivity (Wildman–Crippen MR) is 133 cm³/mol. The Bertz CT molecular complexity index is 1510. The van der Waals surface area contributed by atoms with E-state index in [-0.39, 0.29) is 11.7 Å². The average molecular weight is 474 g/mol. The molecule has 2 aliphatic rings. The molecular weight excluding hydrogens is 446 g/mol. The summed E-state index contributed by atoms with van der Waals surface area (Å²) in [5.74, 6) is 0.915. The van der Waals surface area contributed by atoms with Crippen molar-refractivity contribution in [2.24, 2.45) is 0 Å². The van der Waals surface area contributed by atoms with Crippen molar-refractivity contribution in [2.75, 3.05) is 26.7 Å². The summed E-state index contributed by atoms with van der Waals surface area (Å²) in [6, 6.07) is 9.25. The zero-order valence-corrected chi connectivity index (χ0v) is 19.5. The Morgan fingerprint density at radius 3 is 3.03 bits per heavy atom. The molecule has 4 heterocycles. The maximum absolute atomic E-state index is 13.1. The minimum Gasteiger partial charge on any atom is -0.487 e. The van der Waals surface area contributed by atoms with Gasteiger partial charge in [-0.1, -0.05) is 18.2 Å². The number of nitrogens with one attached hydrogen (secondary N) is 1. The Hall–Kier alpha value is -3.69.